The molecule has 0 heterocycles. The number of benzene rings is 1. The van der Waals surface area contributed by atoms with Crippen LogP contribution < -0.4 is 0 Å². The average molecular weight is 290 g/mol. The van der Waals surface area contributed by atoms with Gasteiger partial charge in [0.2, 0.25) is 5.24 Å². The van der Waals surface area contributed by atoms with Crippen molar-refractivity contribution in [3.05, 3.63) is 34.3 Å². The summed E-state index contributed by atoms with van der Waals surface area (Å²) in [5.41, 5.74) is 1.14. The van der Waals surface area contributed by atoms with Gasteiger partial charge in [-0.2, -0.15) is 0 Å². The molecule has 1 nitrogen and oxygen atoms in total. The molecule has 0 saturated carbocycles. The molecular weight excluding hydrogens is 275 g/mol. The van der Waals surface area contributed by atoms with Crippen molar-refractivity contribution in [1.82, 2.24) is 0 Å². The molecule has 0 fully saturated rings. The maximum atomic E-state index is 11.2. The summed E-state index contributed by atoms with van der Waals surface area (Å²) in [5, 5.41) is -0.229. The minimum Gasteiger partial charge on any atom is -0.281 e. The molecule has 3 heteroatoms. The predicted octanol–water partition coefficient (Wildman–Crippen LogP) is 4.17. The summed E-state index contributed by atoms with van der Waals surface area (Å²) in [5.74, 6) is -0.0598. The van der Waals surface area contributed by atoms with Gasteiger partial charge in [0, 0.05) is 10.4 Å². The van der Waals surface area contributed by atoms with Crippen molar-refractivity contribution >= 4 is 32.8 Å². The summed E-state index contributed by atoms with van der Waals surface area (Å²) in [6.07, 6.45) is 2.55. The van der Waals surface area contributed by atoms with Crippen LogP contribution in [0.15, 0.2) is 28.7 Å². The van der Waals surface area contributed by atoms with E-state index in [2.05, 4.69) is 22.9 Å². The van der Waals surface area contributed by atoms with Crippen molar-refractivity contribution in [2.24, 2.45) is 5.92 Å². The first-order valence-corrected chi connectivity index (χ1v) is 6.25. The Labute approximate surface area is 104 Å². The van der Waals surface area contributed by atoms with Crippen LogP contribution in [0, 0.1) is 5.92 Å². The van der Waals surface area contributed by atoms with Crippen LogP contribution in [0.25, 0.3) is 0 Å². The summed E-state index contributed by atoms with van der Waals surface area (Å²) >= 11 is 9.04. The van der Waals surface area contributed by atoms with Gasteiger partial charge in [0.05, 0.1) is 0 Å². The van der Waals surface area contributed by atoms with E-state index in [4.69, 9.17) is 11.6 Å². The minimum absolute atomic E-state index is 0.0598. The number of hydrogen-bond donors (Lipinski definition) is 0. The van der Waals surface area contributed by atoms with Crippen LogP contribution in [0.5, 0.6) is 0 Å². The summed E-state index contributed by atoms with van der Waals surface area (Å²) in [4.78, 5) is 11.2. The molecule has 15 heavy (non-hydrogen) atoms. The Hall–Kier alpha value is -0.340. The summed E-state index contributed by atoms with van der Waals surface area (Å²) < 4.78 is 1.05. The molecule has 0 spiro atoms. The van der Waals surface area contributed by atoms with E-state index in [1.807, 2.05) is 24.3 Å². The standard InChI is InChI=1S/C12H14BrClO/c1-2-5-10(12(14)15)8-9-6-3-4-7-11(9)13/h3-4,6-7,10H,2,5,8H2,1H3. The molecule has 1 aromatic rings. The van der Waals surface area contributed by atoms with Crippen LogP contribution in [-0.4, -0.2) is 5.24 Å². The Bertz CT molecular complexity index is 338. The third-order valence-electron chi connectivity index (χ3n) is 2.38. The van der Waals surface area contributed by atoms with Gasteiger partial charge in [0.1, 0.15) is 0 Å². The third kappa shape index (κ3) is 3.96. The molecule has 1 atom stereocenters. The molecule has 0 saturated heterocycles. The molecule has 1 unspecified atom stereocenters. The van der Waals surface area contributed by atoms with E-state index in [1.165, 1.54) is 0 Å². The topological polar surface area (TPSA) is 17.1 Å². The largest absolute Gasteiger partial charge is 0.281 e. The Morgan fingerprint density at radius 1 is 1.47 bits per heavy atom. The second kappa shape index (κ2) is 6.29. The highest BCUT2D eigenvalue weighted by Crippen LogP contribution is 2.23. The van der Waals surface area contributed by atoms with Gasteiger partial charge < -0.3 is 0 Å². The molecule has 0 aliphatic carbocycles. The lowest BCUT2D eigenvalue weighted by atomic mass is 9.96. The van der Waals surface area contributed by atoms with Gasteiger partial charge in [0.25, 0.3) is 0 Å². The fraction of sp³-hybridized carbons (Fsp3) is 0.417. The summed E-state index contributed by atoms with van der Waals surface area (Å²) in [6.45, 7) is 2.06. The van der Waals surface area contributed by atoms with Crippen molar-refractivity contribution in [2.75, 3.05) is 0 Å². The van der Waals surface area contributed by atoms with E-state index in [0.717, 1.165) is 29.3 Å². The molecule has 0 aromatic heterocycles. The molecule has 1 rings (SSSR count). The SMILES string of the molecule is CCCC(Cc1ccccc1Br)C(=O)Cl. The number of carbonyl (C=O) groups is 1. The van der Waals surface area contributed by atoms with Crippen LogP contribution in [-0.2, 0) is 11.2 Å². The van der Waals surface area contributed by atoms with Gasteiger partial charge in [0.15, 0.2) is 0 Å². The first-order chi connectivity index (χ1) is 7.15. The smallest absolute Gasteiger partial charge is 0.225 e. The van der Waals surface area contributed by atoms with Crippen LogP contribution >= 0.6 is 27.5 Å². The zero-order valence-corrected chi connectivity index (χ0v) is 11.0. The lowest BCUT2D eigenvalue weighted by Gasteiger charge is -2.12. The van der Waals surface area contributed by atoms with Crippen molar-refractivity contribution in [1.29, 1.82) is 0 Å². The van der Waals surface area contributed by atoms with E-state index in [0.29, 0.717) is 0 Å². The highest BCUT2D eigenvalue weighted by Gasteiger charge is 2.16. The van der Waals surface area contributed by atoms with E-state index < -0.39 is 0 Å². The van der Waals surface area contributed by atoms with Gasteiger partial charge in [-0.15, -0.1) is 0 Å². The first-order valence-electron chi connectivity index (χ1n) is 5.08. The fourth-order valence-corrected chi connectivity index (χ4v) is 2.21. The molecule has 0 aliphatic rings. The van der Waals surface area contributed by atoms with Gasteiger partial charge in [-0.05, 0) is 36.1 Å². The van der Waals surface area contributed by atoms with Crippen molar-refractivity contribution in [2.45, 2.75) is 26.2 Å². The maximum absolute atomic E-state index is 11.2. The fourth-order valence-electron chi connectivity index (χ4n) is 1.57. The van der Waals surface area contributed by atoms with Crippen LogP contribution in [0.3, 0.4) is 0 Å². The highest BCUT2D eigenvalue weighted by atomic mass is 79.9. The van der Waals surface area contributed by atoms with Crippen molar-refractivity contribution in [3.63, 3.8) is 0 Å². The molecule has 0 amide bonds. The van der Waals surface area contributed by atoms with Gasteiger partial charge in [-0.25, -0.2) is 0 Å². The molecule has 0 N–H and O–H groups in total. The van der Waals surface area contributed by atoms with E-state index in [1.54, 1.807) is 0 Å². The maximum Gasteiger partial charge on any atom is 0.225 e. The van der Waals surface area contributed by atoms with Crippen LogP contribution in [0.2, 0.25) is 0 Å². The zero-order valence-electron chi connectivity index (χ0n) is 8.67. The molecule has 0 bridgehead atoms. The molecular formula is C12H14BrClO. The number of hydrogen-bond acceptors (Lipinski definition) is 1. The normalized spacial score (nSPS) is 12.5. The lowest BCUT2D eigenvalue weighted by molar-refractivity contribution is -0.115. The predicted molar refractivity (Wildman–Crippen MR) is 67.1 cm³/mol. The zero-order chi connectivity index (χ0) is 11.3. The Kier molecular flexibility index (Phi) is 5.34. The molecule has 0 radical (unpaired) electrons. The van der Waals surface area contributed by atoms with Gasteiger partial charge >= 0.3 is 0 Å². The second-order valence-corrected chi connectivity index (χ2v) is 4.81. The Morgan fingerprint density at radius 2 is 2.13 bits per heavy atom. The summed E-state index contributed by atoms with van der Waals surface area (Å²) in [7, 11) is 0. The van der Waals surface area contributed by atoms with Crippen LogP contribution in [0.1, 0.15) is 25.3 Å². The van der Waals surface area contributed by atoms with Gasteiger partial charge in [-0.1, -0.05) is 47.5 Å². The number of carbonyl (C=O) groups excluding carboxylic acids is 1. The van der Waals surface area contributed by atoms with Crippen molar-refractivity contribution < 1.29 is 4.79 Å². The monoisotopic (exact) mass is 288 g/mol. The summed E-state index contributed by atoms with van der Waals surface area (Å²) in [6, 6.07) is 7.94. The quantitative estimate of drug-likeness (QED) is 0.743. The number of halogens is 2. The Morgan fingerprint density at radius 3 is 2.67 bits per heavy atom. The van der Waals surface area contributed by atoms with E-state index in [-0.39, 0.29) is 11.2 Å². The minimum atomic E-state index is -0.229. The molecule has 0 aliphatic heterocycles. The lowest BCUT2D eigenvalue weighted by Crippen LogP contribution is -2.12. The molecule has 82 valence electrons. The highest BCUT2D eigenvalue weighted by molar-refractivity contribution is 9.10. The van der Waals surface area contributed by atoms with Gasteiger partial charge in [-0.3, -0.25) is 4.79 Å². The van der Waals surface area contributed by atoms with Crippen molar-refractivity contribution in [3.8, 4) is 0 Å². The first kappa shape index (κ1) is 12.7. The third-order valence-corrected chi connectivity index (χ3v) is 3.46. The average Bonchev–Trinajstić information content (AvgIpc) is 2.20. The van der Waals surface area contributed by atoms with Crippen LogP contribution in [0.4, 0.5) is 0 Å². The number of rotatable bonds is 5. The van der Waals surface area contributed by atoms with E-state index >= 15 is 0 Å². The van der Waals surface area contributed by atoms with E-state index in [9.17, 15) is 4.79 Å². The Balaban J connectivity index is 2.74. The molecule has 1 aromatic carbocycles. The second-order valence-electron chi connectivity index (χ2n) is 3.59.